The summed E-state index contributed by atoms with van der Waals surface area (Å²) in [5, 5.41) is 4.05. The lowest BCUT2D eigenvalue weighted by molar-refractivity contribution is -0.137. The fourth-order valence-corrected chi connectivity index (χ4v) is 4.52. The van der Waals surface area contributed by atoms with Gasteiger partial charge in [0.1, 0.15) is 5.82 Å². The van der Waals surface area contributed by atoms with Crippen molar-refractivity contribution in [3.8, 4) is 0 Å². The average Bonchev–Trinajstić information content (AvgIpc) is 2.84. The predicted octanol–water partition coefficient (Wildman–Crippen LogP) is 3.09. The largest absolute Gasteiger partial charge is 0.416 e. The minimum absolute atomic E-state index is 0.0235. The molecule has 2 heterocycles. The SMILES string of the molecule is CN1CCN(c2cc(N3CCN(c4ccc(C(F)(F)F)cc4)CC3)c(F)cc2/C=N/NC(N)=S)CC1. The fourth-order valence-electron chi connectivity index (χ4n) is 4.47. The van der Waals surface area contributed by atoms with Gasteiger partial charge >= 0.3 is 6.18 Å². The topological polar surface area (TPSA) is 63.4 Å². The Morgan fingerprint density at radius 3 is 2.06 bits per heavy atom. The van der Waals surface area contributed by atoms with Crippen molar-refractivity contribution in [2.24, 2.45) is 10.8 Å². The lowest BCUT2D eigenvalue weighted by atomic mass is 10.1. The van der Waals surface area contributed by atoms with Crippen LogP contribution in [0.5, 0.6) is 0 Å². The van der Waals surface area contributed by atoms with Crippen molar-refractivity contribution >= 4 is 40.6 Å². The van der Waals surface area contributed by atoms with Gasteiger partial charge in [-0.2, -0.15) is 18.3 Å². The molecule has 2 aliphatic heterocycles. The zero-order valence-electron chi connectivity index (χ0n) is 19.9. The molecule has 0 amide bonds. The van der Waals surface area contributed by atoms with Crippen LogP contribution in [-0.4, -0.2) is 75.6 Å². The molecule has 0 unspecified atom stereocenters. The van der Waals surface area contributed by atoms with Gasteiger partial charge in [-0.3, -0.25) is 5.43 Å². The van der Waals surface area contributed by atoms with Gasteiger partial charge in [-0.15, -0.1) is 0 Å². The van der Waals surface area contributed by atoms with Crippen molar-refractivity contribution in [2.45, 2.75) is 6.18 Å². The summed E-state index contributed by atoms with van der Waals surface area (Å²) in [7, 11) is 2.07. The summed E-state index contributed by atoms with van der Waals surface area (Å²) in [5.74, 6) is -0.368. The number of nitrogens with one attached hydrogen (secondary N) is 1. The smallest absolute Gasteiger partial charge is 0.375 e. The number of hydrogen-bond acceptors (Lipinski definition) is 6. The molecule has 2 fully saturated rings. The van der Waals surface area contributed by atoms with E-state index in [0.29, 0.717) is 37.4 Å². The number of piperazine rings is 2. The zero-order chi connectivity index (χ0) is 25.9. The first kappa shape index (κ1) is 26.0. The van der Waals surface area contributed by atoms with Gasteiger partial charge in [0.15, 0.2) is 5.11 Å². The molecule has 194 valence electrons. The highest BCUT2D eigenvalue weighted by Gasteiger charge is 2.30. The molecule has 2 saturated heterocycles. The number of benzene rings is 2. The van der Waals surface area contributed by atoms with Crippen LogP contribution in [-0.2, 0) is 6.18 Å². The van der Waals surface area contributed by atoms with Crippen LogP contribution in [0.25, 0.3) is 0 Å². The Kier molecular flexibility index (Phi) is 7.84. The molecule has 12 heteroatoms. The van der Waals surface area contributed by atoms with Crippen LogP contribution in [0.15, 0.2) is 41.5 Å². The number of alkyl halides is 3. The highest BCUT2D eigenvalue weighted by Crippen LogP contribution is 2.33. The quantitative estimate of drug-likeness (QED) is 0.270. The van der Waals surface area contributed by atoms with Crippen molar-refractivity contribution in [1.82, 2.24) is 10.3 Å². The van der Waals surface area contributed by atoms with E-state index in [1.807, 2.05) is 15.9 Å². The molecule has 2 aliphatic rings. The maximum atomic E-state index is 15.3. The minimum atomic E-state index is -4.36. The second-order valence-corrected chi connectivity index (χ2v) is 9.35. The Bertz CT molecular complexity index is 1090. The Morgan fingerprint density at radius 1 is 0.917 bits per heavy atom. The van der Waals surface area contributed by atoms with Crippen LogP contribution in [0.3, 0.4) is 0 Å². The highest BCUT2D eigenvalue weighted by molar-refractivity contribution is 7.80. The molecule has 2 aromatic rings. The number of rotatable bonds is 5. The summed E-state index contributed by atoms with van der Waals surface area (Å²) in [5.41, 5.74) is 9.99. The zero-order valence-corrected chi connectivity index (χ0v) is 20.7. The van der Waals surface area contributed by atoms with E-state index in [0.717, 1.165) is 49.7 Å². The van der Waals surface area contributed by atoms with E-state index in [1.54, 1.807) is 0 Å². The van der Waals surface area contributed by atoms with E-state index in [1.165, 1.54) is 24.4 Å². The van der Waals surface area contributed by atoms with Crippen LogP contribution in [0.2, 0.25) is 0 Å². The average molecular weight is 524 g/mol. The number of likely N-dealkylation sites (N-methyl/N-ethyl adjacent to an activating group) is 1. The van der Waals surface area contributed by atoms with Gasteiger partial charge < -0.3 is 25.3 Å². The van der Waals surface area contributed by atoms with Gasteiger partial charge in [0.2, 0.25) is 0 Å². The number of hydrogen-bond donors (Lipinski definition) is 2. The minimum Gasteiger partial charge on any atom is -0.375 e. The van der Waals surface area contributed by atoms with Gasteiger partial charge in [0, 0.05) is 69.3 Å². The number of anilines is 3. The molecule has 36 heavy (non-hydrogen) atoms. The first-order valence-electron chi connectivity index (χ1n) is 11.6. The first-order valence-corrected chi connectivity index (χ1v) is 12.1. The number of thiocarbonyl (C=S) groups is 1. The molecule has 0 radical (unpaired) electrons. The van der Waals surface area contributed by atoms with Crippen LogP contribution in [0.4, 0.5) is 34.6 Å². The van der Waals surface area contributed by atoms with Gasteiger partial charge in [0.05, 0.1) is 17.5 Å². The third-order valence-corrected chi connectivity index (χ3v) is 6.59. The summed E-state index contributed by atoms with van der Waals surface area (Å²) >= 11 is 4.78. The van der Waals surface area contributed by atoms with Crippen molar-refractivity contribution < 1.29 is 17.6 Å². The summed E-state index contributed by atoms with van der Waals surface area (Å²) in [6.45, 7) is 5.58. The summed E-state index contributed by atoms with van der Waals surface area (Å²) in [6.07, 6.45) is -2.85. The molecule has 0 bridgehead atoms. The summed E-state index contributed by atoms with van der Waals surface area (Å²) in [6, 6.07) is 8.48. The van der Waals surface area contributed by atoms with Gasteiger partial charge in [-0.1, -0.05) is 0 Å². The van der Waals surface area contributed by atoms with Crippen molar-refractivity contribution in [3.05, 3.63) is 53.3 Å². The lowest BCUT2D eigenvalue weighted by Crippen LogP contribution is -2.47. The number of halogens is 4. The van der Waals surface area contributed by atoms with E-state index in [4.69, 9.17) is 18.0 Å². The van der Waals surface area contributed by atoms with Gasteiger partial charge in [-0.05, 0) is 55.7 Å². The van der Waals surface area contributed by atoms with Crippen molar-refractivity contribution in [1.29, 1.82) is 0 Å². The Labute approximate surface area is 213 Å². The van der Waals surface area contributed by atoms with E-state index in [9.17, 15) is 13.2 Å². The Balaban J connectivity index is 1.52. The van der Waals surface area contributed by atoms with E-state index < -0.39 is 11.7 Å². The molecule has 4 rings (SSSR count). The molecule has 2 aromatic carbocycles. The molecular formula is C24H29F4N7S. The summed E-state index contributed by atoms with van der Waals surface area (Å²) in [4.78, 5) is 8.44. The van der Waals surface area contributed by atoms with Gasteiger partial charge in [-0.25, -0.2) is 4.39 Å². The second-order valence-electron chi connectivity index (χ2n) is 8.91. The number of hydrazone groups is 1. The molecule has 3 N–H and O–H groups in total. The molecular weight excluding hydrogens is 494 g/mol. The maximum Gasteiger partial charge on any atom is 0.416 e. The van der Waals surface area contributed by atoms with Crippen LogP contribution >= 0.6 is 12.2 Å². The highest BCUT2D eigenvalue weighted by atomic mass is 32.1. The number of nitrogens with two attached hydrogens (primary N) is 1. The van der Waals surface area contributed by atoms with Crippen LogP contribution in [0, 0.1) is 5.82 Å². The molecule has 0 aliphatic carbocycles. The first-order chi connectivity index (χ1) is 17.1. The Morgan fingerprint density at radius 2 is 1.47 bits per heavy atom. The second kappa shape index (κ2) is 10.9. The molecule has 0 spiro atoms. The normalized spacial score (nSPS) is 17.6. The van der Waals surface area contributed by atoms with E-state index >= 15 is 4.39 Å². The predicted molar refractivity (Wildman–Crippen MR) is 139 cm³/mol. The molecule has 7 nitrogen and oxygen atoms in total. The molecule has 0 saturated carbocycles. The van der Waals surface area contributed by atoms with E-state index in [2.05, 4.69) is 27.4 Å². The van der Waals surface area contributed by atoms with Gasteiger partial charge in [0.25, 0.3) is 0 Å². The maximum absolute atomic E-state index is 15.3. The van der Waals surface area contributed by atoms with Crippen molar-refractivity contribution in [2.75, 3.05) is 74.1 Å². The van der Waals surface area contributed by atoms with E-state index in [-0.39, 0.29) is 10.9 Å². The van der Waals surface area contributed by atoms with Crippen LogP contribution < -0.4 is 25.9 Å². The van der Waals surface area contributed by atoms with Crippen LogP contribution in [0.1, 0.15) is 11.1 Å². The van der Waals surface area contributed by atoms with Crippen molar-refractivity contribution in [3.63, 3.8) is 0 Å². The third kappa shape index (κ3) is 6.16. The Hall–Kier alpha value is -3.12. The lowest BCUT2D eigenvalue weighted by Gasteiger charge is -2.39. The molecule has 0 aromatic heterocycles. The number of nitrogens with zero attached hydrogens (tertiary/aromatic N) is 5. The standard InChI is InChI=1S/C24H29F4N7S/c1-32-6-8-34(9-7-32)21-15-22(20(25)14-17(21)16-30-31-23(29)36)35-12-10-33(11-13-35)19-4-2-18(3-5-19)24(26,27)28/h2-5,14-16H,6-13H2,1H3,(H3,29,31,36)/b30-16+. The molecule has 0 atom stereocenters. The monoisotopic (exact) mass is 523 g/mol. The summed E-state index contributed by atoms with van der Waals surface area (Å²) < 4.78 is 53.9. The third-order valence-electron chi connectivity index (χ3n) is 6.50. The fraction of sp³-hybridized carbons (Fsp3) is 0.417.